The molecule has 7 heteroatoms. The van der Waals surface area contributed by atoms with Gasteiger partial charge in [-0.25, -0.2) is 9.78 Å². The lowest BCUT2D eigenvalue weighted by Gasteiger charge is -2.12. The van der Waals surface area contributed by atoms with Crippen LogP contribution in [0.25, 0.3) is 0 Å². The van der Waals surface area contributed by atoms with Crippen LogP contribution in [0.4, 0.5) is 0 Å². The maximum Gasteiger partial charge on any atom is 0.384 e. The number of hydroxylamine groups is 2. The Hall–Kier alpha value is -3.09. The highest BCUT2D eigenvalue weighted by Gasteiger charge is 2.39. The number of imide groups is 1. The minimum Gasteiger partial charge on any atom is -0.322 e. The molecule has 0 unspecified atom stereocenters. The molecular weight excluding hydrogens is 274 g/mol. The van der Waals surface area contributed by atoms with Crippen molar-refractivity contribution in [1.82, 2.24) is 15.0 Å². The summed E-state index contributed by atoms with van der Waals surface area (Å²) in [6.45, 7) is 1.58. The molecule has 1 aromatic carbocycles. The molecule has 1 aliphatic rings. The van der Waals surface area contributed by atoms with Crippen LogP contribution in [0, 0.1) is 6.92 Å². The number of hydrogen-bond donors (Lipinski definition) is 0. The third-order valence-corrected chi connectivity index (χ3v) is 3.01. The third kappa shape index (κ3) is 2.04. The molecule has 2 heterocycles. The first-order valence-electron chi connectivity index (χ1n) is 6.07. The van der Waals surface area contributed by atoms with E-state index in [0.29, 0.717) is 10.8 Å². The summed E-state index contributed by atoms with van der Waals surface area (Å²) in [6, 6.07) is 6.25. The van der Waals surface area contributed by atoms with Gasteiger partial charge in [0.2, 0.25) is 0 Å². The lowest BCUT2D eigenvalue weighted by atomic mass is 10.1. The summed E-state index contributed by atoms with van der Waals surface area (Å²) in [5.74, 6) is -2.26. The van der Waals surface area contributed by atoms with Gasteiger partial charge in [0.25, 0.3) is 11.8 Å². The zero-order valence-electron chi connectivity index (χ0n) is 10.9. The van der Waals surface area contributed by atoms with E-state index in [0.717, 1.165) is 0 Å². The van der Waals surface area contributed by atoms with Crippen molar-refractivity contribution >= 4 is 17.8 Å². The van der Waals surface area contributed by atoms with Crippen LogP contribution in [0.15, 0.2) is 36.7 Å². The second-order valence-electron chi connectivity index (χ2n) is 4.32. The Labute approximate surface area is 119 Å². The molecule has 2 aromatic rings. The molecule has 7 nitrogen and oxygen atoms in total. The van der Waals surface area contributed by atoms with Gasteiger partial charge in [0.15, 0.2) is 5.69 Å². The van der Waals surface area contributed by atoms with Crippen LogP contribution in [0.1, 0.15) is 36.9 Å². The summed E-state index contributed by atoms with van der Waals surface area (Å²) in [5.41, 5.74) is 0.700. The molecule has 3 rings (SSSR count). The average molecular weight is 283 g/mol. The summed E-state index contributed by atoms with van der Waals surface area (Å²) in [7, 11) is 0. The third-order valence-electron chi connectivity index (χ3n) is 3.01. The smallest absolute Gasteiger partial charge is 0.322 e. The van der Waals surface area contributed by atoms with Crippen LogP contribution in [0.5, 0.6) is 0 Å². The normalized spacial score (nSPS) is 13.3. The van der Waals surface area contributed by atoms with E-state index in [9.17, 15) is 14.4 Å². The van der Waals surface area contributed by atoms with Gasteiger partial charge in [-0.2, -0.15) is 0 Å². The Kier molecular flexibility index (Phi) is 2.94. The van der Waals surface area contributed by atoms with Gasteiger partial charge in [-0.3, -0.25) is 14.6 Å². The number of aromatic nitrogens is 2. The SMILES string of the molecule is Cc1nccnc1C(=O)ON1C(=O)c2ccccc2C1=O. The first kappa shape index (κ1) is 12.9. The highest BCUT2D eigenvalue weighted by Crippen LogP contribution is 2.23. The van der Waals surface area contributed by atoms with Gasteiger partial charge in [-0.05, 0) is 19.1 Å². The molecule has 0 radical (unpaired) electrons. The largest absolute Gasteiger partial charge is 0.384 e. The Morgan fingerprint density at radius 3 is 2.19 bits per heavy atom. The molecule has 0 atom stereocenters. The fourth-order valence-electron chi connectivity index (χ4n) is 1.98. The number of benzene rings is 1. The first-order chi connectivity index (χ1) is 10.1. The first-order valence-corrected chi connectivity index (χ1v) is 6.07. The van der Waals surface area contributed by atoms with Crippen LogP contribution < -0.4 is 0 Å². The molecule has 0 saturated carbocycles. The van der Waals surface area contributed by atoms with Gasteiger partial charge < -0.3 is 4.84 Å². The van der Waals surface area contributed by atoms with Gasteiger partial charge in [0.05, 0.1) is 16.8 Å². The number of aryl methyl sites for hydroxylation is 1. The average Bonchev–Trinajstić information content (AvgIpc) is 2.73. The van der Waals surface area contributed by atoms with E-state index in [1.165, 1.54) is 24.5 Å². The molecule has 1 aliphatic heterocycles. The van der Waals surface area contributed by atoms with Crippen molar-refractivity contribution in [2.24, 2.45) is 0 Å². The zero-order valence-corrected chi connectivity index (χ0v) is 10.9. The Morgan fingerprint density at radius 2 is 1.62 bits per heavy atom. The van der Waals surface area contributed by atoms with Crippen molar-refractivity contribution in [2.75, 3.05) is 0 Å². The minimum absolute atomic E-state index is 0.0472. The van der Waals surface area contributed by atoms with Crippen molar-refractivity contribution < 1.29 is 19.2 Å². The fraction of sp³-hybridized carbons (Fsp3) is 0.0714. The Morgan fingerprint density at radius 1 is 1.05 bits per heavy atom. The fourth-order valence-corrected chi connectivity index (χ4v) is 1.98. The Bertz CT molecular complexity index is 737. The second-order valence-corrected chi connectivity index (χ2v) is 4.32. The highest BCUT2D eigenvalue weighted by molar-refractivity contribution is 6.21. The van der Waals surface area contributed by atoms with Gasteiger partial charge in [-0.1, -0.05) is 17.2 Å². The van der Waals surface area contributed by atoms with Crippen molar-refractivity contribution in [3.63, 3.8) is 0 Å². The molecule has 0 aliphatic carbocycles. The van der Waals surface area contributed by atoms with Gasteiger partial charge >= 0.3 is 5.97 Å². The van der Waals surface area contributed by atoms with Crippen molar-refractivity contribution in [1.29, 1.82) is 0 Å². The van der Waals surface area contributed by atoms with Crippen molar-refractivity contribution in [3.05, 3.63) is 59.2 Å². The van der Waals surface area contributed by atoms with Gasteiger partial charge in [-0.15, -0.1) is 0 Å². The lowest BCUT2D eigenvalue weighted by Crippen LogP contribution is -2.33. The van der Waals surface area contributed by atoms with Crippen molar-refractivity contribution in [3.8, 4) is 0 Å². The number of amides is 2. The van der Waals surface area contributed by atoms with E-state index in [1.807, 2.05) is 0 Å². The number of carbonyl (C=O) groups excluding carboxylic acids is 3. The van der Waals surface area contributed by atoms with E-state index in [1.54, 1.807) is 19.1 Å². The van der Waals surface area contributed by atoms with Crippen LogP contribution in [0.3, 0.4) is 0 Å². The van der Waals surface area contributed by atoms with Crippen LogP contribution in [-0.2, 0) is 4.84 Å². The summed E-state index contributed by atoms with van der Waals surface area (Å²) < 4.78 is 0. The molecule has 0 bridgehead atoms. The van der Waals surface area contributed by atoms with E-state index < -0.39 is 17.8 Å². The zero-order chi connectivity index (χ0) is 15.0. The van der Waals surface area contributed by atoms with Gasteiger partial charge in [0.1, 0.15) is 0 Å². The van der Waals surface area contributed by atoms with Crippen LogP contribution in [-0.4, -0.2) is 32.8 Å². The summed E-state index contributed by atoms with van der Waals surface area (Å²) in [5, 5.41) is 0.446. The molecule has 104 valence electrons. The molecular formula is C14H9N3O4. The summed E-state index contributed by atoms with van der Waals surface area (Å²) in [4.78, 5) is 48.7. The second kappa shape index (κ2) is 4.78. The molecule has 1 aromatic heterocycles. The quantitative estimate of drug-likeness (QED) is 0.768. The molecule has 0 spiro atoms. The highest BCUT2D eigenvalue weighted by atomic mass is 16.7. The number of fused-ring (bicyclic) bond motifs is 1. The number of hydrogen-bond acceptors (Lipinski definition) is 6. The van der Waals surface area contributed by atoms with Crippen LogP contribution >= 0.6 is 0 Å². The number of rotatable bonds is 2. The predicted molar refractivity (Wildman–Crippen MR) is 69.1 cm³/mol. The summed E-state index contributed by atoms with van der Waals surface area (Å²) in [6.07, 6.45) is 2.75. The molecule has 0 fully saturated rings. The van der Waals surface area contributed by atoms with Crippen molar-refractivity contribution in [2.45, 2.75) is 6.92 Å². The maximum absolute atomic E-state index is 12.1. The Balaban J connectivity index is 1.88. The topological polar surface area (TPSA) is 89.5 Å². The minimum atomic E-state index is -0.907. The standard InChI is InChI=1S/C14H9N3O4/c1-8-11(16-7-6-15-8)14(20)21-17-12(18)9-4-2-3-5-10(9)13(17)19/h2-7H,1H3. The van der Waals surface area contributed by atoms with E-state index in [2.05, 4.69) is 9.97 Å². The van der Waals surface area contributed by atoms with Gasteiger partial charge in [0, 0.05) is 12.4 Å². The molecule has 2 amide bonds. The molecule has 0 saturated heterocycles. The maximum atomic E-state index is 12.1. The van der Waals surface area contributed by atoms with E-state index in [4.69, 9.17) is 4.84 Å². The summed E-state index contributed by atoms with van der Waals surface area (Å²) >= 11 is 0. The molecule has 21 heavy (non-hydrogen) atoms. The number of carbonyl (C=O) groups is 3. The van der Waals surface area contributed by atoms with E-state index >= 15 is 0 Å². The van der Waals surface area contributed by atoms with Crippen LogP contribution in [0.2, 0.25) is 0 Å². The monoisotopic (exact) mass is 283 g/mol. The number of nitrogens with zero attached hydrogens (tertiary/aromatic N) is 3. The lowest BCUT2D eigenvalue weighted by molar-refractivity contribution is -0.0589. The molecule has 0 N–H and O–H groups in total. The van der Waals surface area contributed by atoms with E-state index in [-0.39, 0.29) is 16.8 Å². The predicted octanol–water partition coefficient (Wildman–Crippen LogP) is 1.15.